The van der Waals surface area contributed by atoms with Crippen LogP contribution < -0.4 is 15.5 Å². The van der Waals surface area contributed by atoms with Crippen LogP contribution in [-0.4, -0.2) is 71.8 Å². The van der Waals surface area contributed by atoms with Crippen molar-refractivity contribution in [3.8, 4) is 0 Å². The molecule has 2 atom stereocenters. The van der Waals surface area contributed by atoms with Crippen LogP contribution >= 0.6 is 0 Å². The lowest BCUT2D eigenvalue weighted by molar-refractivity contribution is -0.117. The molecule has 33 heavy (non-hydrogen) atoms. The predicted molar refractivity (Wildman–Crippen MR) is 127 cm³/mol. The maximum atomic E-state index is 15.4. The summed E-state index contributed by atoms with van der Waals surface area (Å²) >= 11 is 0. The summed E-state index contributed by atoms with van der Waals surface area (Å²) in [7, 11) is 0. The fourth-order valence-electron chi connectivity index (χ4n) is 5.21. The number of likely N-dealkylation sites (tertiary alicyclic amines) is 1. The third-order valence-electron chi connectivity index (χ3n) is 6.93. The summed E-state index contributed by atoms with van der Waals surface area (Å²) in [6.45, 7) is 9.99. The molecule has 0 aliphatic carbocycles. The highest BCUT2D eigenvalue weighted by molar-refractivity contribution is 6.02. The number of nitrogens with one attached hydrogen (secondary N) is 2. The number of fused-ring (bicyclic) bond motifs is 1. The van der Waals surface area contributed by atoms with Crippen LogP contribution in [0.5, 0.6) is 0 Å². The number of amides is 3. The average molecular weight is 459 g/mol. The highest BCUT2D eigenvalue weighted by atomic mass is 19.1. The van der Waals surface area contributed by atoms with Crippen LogP contribution in [0.4, 0.5) is 14.9 Å². The minimum absolute atomic E-state index is 0.243. The topological polar surface area (TPSA) is 82.5 Å². The number of alkyl halides is 1. The molecule has 8 nitrogen and oxygen atoms in total. The van der Waals surface area contributed by atoms with Crippen LogP contribution in [-0.2, 0) is 4.79 Å². The van der Waals surface area contributed by atoms with Crippen LogP contribution in [0.3, 0.4) is 0 Å². The number of urea groups is 1. The second-order valence-corrected chi connectivity index (χ2v) is 9.34. The molecule has 9 heteroatoms. The Hall–Kier alpha value is -2.52. The van der Waals surface area contributed by atoms with Crippen molar-refractivity contribution in [2.45, 2.75) is 52.2 Å². The van der Waals surface area contributed by atoms with Crippen molar-refractivity contribution in [2.75, 3.05) is 44.2 Å². The SMILES string of the molecule is CCN(C(=O)NC(C)=O)c1cnc2c(c1)c(C)cn2C1CCN(CC2CCNCC2)CC1F. The first-order valence-corrected chi connectivity index (χ1v) is 12.0. The number of piperidine rings is 2. The zero-order valence-electron chi connectivity index (χ0n) is 19.8. The van der Waals surface area contributed by atoms with Crippen LogP contribution in [0.25, 0.3) is 11.0 Å². The van der Waals surface area contributed by atoms with Gasteiger partial charge in [0.05, 0.1) is 17.9 Å². The fraction of sp³-hybridized carbons (Fsp3) is 0.625. The maximum Gasteiger partial charge on any atom is 0.328 e. The first-order chi connectivity index (χ1) is 15.9. The van der Waals surface area contributed by atoms with Gasteiger partial charge in [-0.3, -0.25) is 15.0 Å². The number of aryl methyl sites for hydroxylation is 1. The van der Waals surface area contributed by atoms with E-state index in [4.69, 9.17) is 0 Å². The summed E-state index contributed by atoms with van der Waals surface area (Å²) < 4.78 is 17.3. The molecule has 3 amide bonds. The van der Waals surface area contributed by atoms with E-state index in [9.17, 15) is 9.59 Å². The smallest absolute Gasteiger partial charge is 0.326 e. The highest BCUT2D eigenvalue weighted by Gasteiger charge is 2.33. The summed E-state index contributed by atoms with van der Waals surface area (Å²) in [4.78, 5) is 32.1. The van der Waals surface area contributed by atoms with Gasteiger partial charge in [-0.05, 0) is 63.7 Å². The van der Waals surface area contributed by atoms with Gasteiger partial charge in [0.15, 0.2) is 0 Å². The second-order valence-electron chi connectivity index (χ2n) is 9.34. The van der Waals surface area contributed by atoms with Crippen molar-refractivity contribution in [3.05, 3.63) is 24.0 Å². The molecule has 4 heterocycles. The zero-order valence-corrected chi connectivity index (χ0v) is 19.8. The Morgan fingerprint density at radius 2 is 2.06 bits per heavy atom. The molecule has 0 aromatic carbocycles. The lowest BCUT2D eigenvalue weighted by atomic mass is 9.95. The van der Waals surface area contributed by atoms with Crippen molar-refractivity contribution < 1.29 is 14.0 Å². The monoisotopic (exact) mass is 458 g/mol. The molecule has 2 aromatic rings. The first-order valence-electron chi connectivity index (χ1n) is 12.0. The third kappa shape index (κ3) is 5.19. The third-order valence-corrected chi connectivity index (χ3v) is 6.93. The van der Waals surface area contributed by atoms with Crippen molar-refractivity contribution in [2.24, 2.45) is 5.92 Å². The number of nitrogens with zero attached hydrogens (tertiary/aromatic N) is 4. The van der Waals surface area contributed by atoms with E-state index >= 15 is 4.39 Å². The molecule has 0 radical (unpaired) electrons. The van der Waals surface area contributed by atoms with Gasteiger partial charge in [0.25, 0.3) is 0 Å². The summed E-state index contributed by atoms with van der Waals surface area (Å²) in [6.07, 6.45) is 5.74. The normalized spacial score (nSPS) is 22.4. The fourth-order valence-corrected chi connectivity index (χ4v) is 5.21. The van der Waals surface area contributed by atoms with E-state index in [0.29, 0.717) is 24.7 Å². The molecule has 2 saturated heterocycles. The molecule has 180 valence electrons. The molecular weight excluding hydrogens is 423 g/mol. The Morgan fingerprint density at radius 1 is 1.30 bits per heavy atom. The number of carbonyl (C=O) groups is 2. The van der Waals surface area contributed by atoms with Gasteiger partial charge in [-0.15, -0.1) is 0 Å². The Bertz CT molecular complexity index is 1000. The van der Waals surface area contributed by atoms with Gasteiger partial charge in [0.2, 0.25) is 5.91 Å². The number of halogens is 1. The standard InChI is InChI=1S/C24H35FN6O2/c1-4-30(24(33)28-17(3)32)19-11-20-16(2)13-31(23(20)27-12-19)22-7-10-29(15-21(22)25)14-18-5-8-26-9-6-18/h11-13,18,21-22,26H,4-10,14-15H2,1-3H3,(H,28,32,33). The van der Waals surface area contributed by atoms with E-state index in [0.717, 1.165) is 49.2 Å². The van der Waals surface area contributed by atoms with E-state index in [1.165, 1.54) is 24.7 Å². The molecule has 0 spiro atoms. The van der Waals surface area contributed by atoms with E-state index in [1.54, 1.807) is 6.20 Å². The molecule has 0 saturated carbocycles. The quantitative estimate of drug-likeness (QED) is 0.720. The lowest BCUT2D eigenvalue weighted by Crippen LogP contribution is -2.45. The van der Waals surface area contributed by atoms with E-state index in [-0.39, 0.29) is 6.04 Å². The number of pyridine rings is 1. The highest BCUT2D eigenvalue weighted by Crippen LogP contribution is 2.33. The molecule has 0 bridgehead atoms. The number of anilines is 1. The molecule has 2 aliphatic heterocycles. The lowest BCUT2D eigenvalue weighted by Gasteiger charge is -2.38. The molecule has 2 fully saturated rings. The minimum atomic E-state index is -0.953. The predicted octanol–water partition coefficient (Wildman–Crippen LogP) is 3.01. The van der Waals surface area contributed by atoms with Gasteiger partial charge in [-0.25, -0.2) is 14.2 Å². The number of imide groups is 1. The first kappa shape index (κ1) is 23.6. The maximum absolute atomic E-state index is 15.4. The number of carbonyl (C=O) groups excluding carboxylic acids is 2. The Labute approximate surface area is 194 Å². The molecule has 2 aromatic heterocycles. The van der Waals surface area contributed by atoms with Crippen molar-refractivity contribution >= 4 is 28.7 Å². The van der Waals surface area contributed by atoms with E-state index < -0.39 is 18.1 Å². The van der Waals surface area contributed by atoms with Gasteiger partial charge in [-0.2, -0.15) is 0 Å². The second kappa shape index (κ2) is 10.2. The van der Waals surface area contributed by atoms with Crippen LogP contribution in [0, 0.1) is 12.8 Å². The van der Waals surface area contributed by atoms with Gasteiger partial charge in [0.1, 0.15) is 11.8 Å². The number of rotatable bonds is 5. The number of hydrogen-bond acceptors (Lipinski definition) is 5. The van der Waals surface area contributed by atoms with E-state index in [2.05, 4.69) is 20.5 Å². The van der Waals surface area contributed by atoms with Gasteiger partial charge < -0.3 is 14.8 Å². The number of aromatic nitrogens is 2. The van der Waals surface area contributed by atoms with Crippen LogP contribution in [0.15, 0.2) is 18.5 Å². The van der Waals surface area contributed by atoms with E-state index in [1.807, 2.05) is 30.7 Å². The summed E-state index contributed by atoms with van der Waals surface area (Å²) in [6, 6.07) is 1.18. The Morgan fingerprint density at radius 3 is 2.73 bits per heavy atom. The summed E-state index contributed by atoms with van der Waals surface area (Å²) in [5.41, 5.74) is 2.34. The zero-order chi connectivity index (χ0) is 23.5. The van der Waals surface area contributed by atoms with Gasteiger partial charge >= 0.3 is 6.03 Å². The summed E-state index contributed by atoms with van der Waals surface area (Å²) in [5.74, 6) is 0.252. The van der Waals surface area contributed by atoms with Crippen molar-refractivity contribution in [1.82, 2.24) is 25.1 Å². The average Bonchev–Trinajstić information content (AvgIpc) is 3.10. The molecule has 2 N–H and O–H groups in total. The van der Waals surface area contributed by atoms with Gasteiger partial charge in [-0.1, -0.05) is 0 Å². The molecule has 2 aliphatic rings. The van der Waals surface area contributed by atoms with Crippen LogP contribution in [0.2, 0.25) is 0 Å². The number of hydrogen-bond donors (Lipinski definition) is 2. The Kier molecular flexibility index (Phi) is 7.29. The Balaban J connectivity index is 1.50. The summed E-state index contributed by atoms with van der Waals surface area (Å²) in [5, 5.41) is 6.60. The van der Waals surface area contributed by atoms with Gasteiger partial charge in [0, 0.05) is 44.7 Å². The van der Waals surface area contributed by atoms with Crippen molar-refractivity contribution in [3.63, 3.8) is 0 Å². The molecule has 4 rings (SSSR count). The minimum Gasteiger partial charge on any atom is -0.326 e. The van der Waals surface area contributed by atoms with Crippen LogP contribution in [0.1, 0.15) is 44.7 Å². The van der Waals surface area contributed by atoms with Crippen molar-refractivity contribution in [1.29, 1.82) is 0 Å². The largest absolute Gasteiger partial charge is 0.328 e. The molecular formula is C24H35FN6O2. The molecule has 2 unspecified atom stereocenters.